The van der Waals surface area contributed by atoms with Crippen LogP contribution in [0.15, 0.2) is 47.4 Å². The van der Waals surface area contributed by atoms with E-state index in [1.54, 1.807) is 6.92 Å². The molecule has 0 saturated heterocycles. The summed E-state index contributed by atoms with van der Waals surface area (Å²) in [5, 5.41) is 20.3. The Hall–Kier alpha value is -2.61. The first-order valence-electron chi connectivity index (χ1n) is 5.78. The predicted octanol–water partition coefficient (Wildman–Crippen LogP) is 2.38. The number of aryl methyl sites for hydroxylation is 1. The van der Waals surface area contributed by atoms with Gasteiger partial charge in [0.25, 0.3) is 5.69 Å². The minimum Gasteiger partial charge on any atom is -0.508 e. The molecule has 0 fully saturated rings. The van der Waals surface area contributed by atoms with Crippen LogP contribution in [0.3, 0.4) is 0 Å². The molecule has 0 spiro atoms. The van der Waals surface area contributed by atoms with E-state index in [9.17, 15) is 23.6 Å². The number of nitrogens with zero attached hydrogens (tertiary/aromatic N) is 1. The van der Waals surface area contributed by atoms with Crippen molar-refractivity contribution in [3.05, 3.63) is 58.1 Å². The first kappa shape index (κ1) is 14.8. The molecule has 0 heterocycles. The molecule has 2 aromatic carbocycles. The molecule has 110 valence electrons. The lowest BCUT2D eigenvalue weighted by molar-refractivity contribution is -0.387. The number of benzene rings is 2. The fraction of sp³-hybridized carbons (Fsp3) is 0.0769. The average molecular weight is 309 g/mol. The second-order valence-corrected chi connectivity index (χ2v) is 5.78. The zero-order valence-electron chi connectivity index (χ0n) is 10.9. The highest BCUT2D eigenvalue weighted by molar-refractivity contribution is 7.87. The maximum absolute atomic E-state index is 12.1. The monoisotopic (exact) mass is 309 g/mol. The van der Waals surface area contributed by atoms with Crippen LogP contribution in [-0.2, 0) is 10.1 Å². The summed E-state index contributed by atoms with van der Waals surface area (Å²) in [4.78, 5) is 9.53. The van der Waals surface area contributed by atoms with Gasteiger partial charge in [0.15, 0.2) is 4.90 Å². The summed E-state index contributed by atoms with van der Waals surface area (Å²) >= 11 is 0. The molecule has 0 aromatic heterocycles. The van der Waals surface area contributed by atoms with Crippen LogP contribution in [0.25, 0.3) is 0 Å². The van der Waals surface area contributed by atoms with Gasteiger partial charge in [0.1, 0.15) is 11.5 Å². The third-order valence-corrected chi connectivity index (χ3v) is 3.87. The van der Waals surface area contributed by atoms with Crippen LogP contribution in [0.5, 0.6) is 11.5 Å². The van der Waals surface area contributed by atoms with Gasteiger partial charge in [0, 0.05) is 12.1 Å². The Morgan fingerprint density at radius 2 is 1.86 bits per heavy atom. The molecule has 7 nitrogen and oxygen atoms in total. The number of hydrogen-bond acceptors (Lipinski definition) is 6. The van der Waals surface area contributed by atoms with E-state index in [1.807, 2.05) is 0 Å². The van der Waals surface area contributed by atoms with Crippen molar-refractivity contribution in [2.45, 2.75) is 11.8 Å². The number of para-hydroxylation sites is 1. The van der Waals surface area contributed by atoms with Crippen LogP contribution in [0.4, 0.5) is 5.69 Å². The summed E-state index contributed by atoms with van der Waals surface area (Å²) in [6.45, 7) is 1.64. The zero-order valence-corrected chi connectivity index (χ0v) is 11.7. The SMILES string of the molecule is Cc1cc(O)cc(OS(=O)(=O)c2ccccc2[N+](=O)[O-])c1. The Labute approximate surface area is 120 Å². The van der Waals surface area contributed by atoms with E-state index in [1.165, 1.54) is 24.3 Å². The fourth-order valence-electron chi connectivity index (χ4n) is 1.77. The molecule has 8 heteroatoms. The molecule has 0 saturated carbocycles. The summed E-state index contributed by atoms with van der Waals surface area (Å²) in [6.07, 6.45) is 0. The number of phenols is 1. The van der Waals surface area contributed by atoms with E-state index in [4.69, 9.17) is 4.18 Å². The molecule has 0 unspecified atom stereocenters. The van der Waals surface area contributed by atoms with E-state index in [-0.39, 0.29) is 11.5 Å². The van der Waals surface area contributed by atoms with Gasteiger partial charge < -0.3 is 9.29 Å². The lowest BCUT2D eigenvalue weighted by atomic mass is 10.2. The number of aromatic hydroxyl groups is 1. The molecule has 0 aliphatic heterocycles. The minimum atomic E-state index is -4.38. The van der Waals surface area contributed by atoms with Crippen molar-refractivity contribution in [3.63, 3.8) is 0 Å². The van der Waals surface area contributed by atoms with Crippen molar-refractivity contribution in [2.24, 2.45) is 0 Å². The topological polar surface area (TPSA) is 107 Å². The number of phenolic OH excluding ortho intramolecular Hbond substituents is 1. The highest BCUT2D eigenvalue weighted by atomic mass is 32.2. The fourth-order valence-corrected chi connectivity index (χ4v) is 2.85. The number of rotatable bonds is 4. The zero-order chi connectivity index (χ0) is 15.6. The van der Waals surface area contributed by atoms with E-state index < -0.39 is 25.6 Å². The van der Waals surface area contributed by atoms with Crippen LogP contribution < -0.4 is 4.18 Å². The second kappa shape index (κ2) is 5.41. The maximum Gasteiger partial charge on any atom is 0.346 e. The summed E-state index contributed by atoms with van der Waals surface area (Å²) in [5.41, 5.74) is 0.0112. The van der Waals surface area contributed by atoms with Gasteiger partial charge in [0.05, 0.1) is 4.92 Å². The van der Waals surface area contributed by atoms with Crippen LogP contribution in [-0.4, -0.2) is 18.4 Å². The van der Waals surface area contributed by atoms with Crippen LogP contribution >= 0.6 is 0 Å². The largest absolute Gasteiger partial charge is 0.508 e. The van der Waals surface area contributed by atoms with Gasteiger partial charge in [-0.05, 0) is 30.7 Å². The molecule has 0 aliphatic rings. The smallest absolute Gasteiger partial charge is 0.346 e. The van der Waals surface area contributed by atoms with E-state index >= 15 is 0 Å². The molecule has 0 radical (unpaired) electrons. The van der Waals surface area contributed by atoms with Crippen molar-refractivity contribution >= 4 is 15.8 Å². The van der Waals surface area contributed by atoms with Gasteiger partial charge in [-0.15, -0.1) is 0 Å². The van der Waals surface area contributed by atoms with Gasteiger partial charge >= 0.3 is 10.1 Å². The van der Waals surface area contributed by atoms with Gasteiger partial charge in [-0.25, -0.2) is 0 Å². The normalized spacial score (nSPS) is 11.1. The molecule has 2 rings (SSSR count). The quantitative estimate of drug-likeness (QED) is 0.528. The van der Waals surface area contributed by atoms with E-state index in [0.29, 0.717) is 5.56 Å². The Morgan fingerprint density at radius 1 is 1.19 bits per heavy atom. The van der Waals surface area contributed by atoms with Gasteiger partial charge in [-0.1, -0.05) is 12.1 Å². The van der Waals surface area contributed by atoms with Crippen molar-refractivity contribution in [3.8, 4) is 11.5 Å². The van der Waals surface area contributed by atoms with E-state index in [2.05, 4.69) is 0 Å². The van der Waals surface area contributed by atoms with Gasteiger partial charge in [-0.2, -0.15) is 8.42 Å². The standard InChI is InChI=1S/C13H11NO6S/c1-9-6-10(15)8-11(7-9)20-21(18,19)13-5-3-2-4-12(13)14(16)17/h2-8,15H,1H3. The highest BCUT2D eigenvalue weighted by Gasteiger charge is 2.27. The lowest BCUT2D eigenvalue weighted by Gasteiger charge is -2.08. The summed E-state index contributed by atoms with van der Waals surface area (Å²) in [5.74, 6) is -0.284. The van der Waals surface area contributed by atoms with Gasteiger partial charge in [0.2, 0.25) is 0 Å². The van der Waals surface area contributed by atoms with Crippen molar-refractivity contribution in [1.29, 1.82) is 0 Å². The second-order valence-electron chi connectivity index (χ2n) is 4.27. The summed E-state index contributed by atoms with van der Waals surface area (Å²) < 4.78 is 29.1. The number of nitro groups is 1. The third kappa shape index (κ3) is 3.29. The number of hydrogen-bond donors (Lipinski definition) is 1. The van der Waals surface area contributed by atoms with Crippen LogP contribution in [0.1, 0.15) is 5.56 Å². The molecule has 0 aliphatic carbocycles. The molecule has 0 bridgehead atoms. The molecule has 0 atom stereocenters. The summed E-state index contributed by atoms with van der Waals surface area (Å²) in [6, 6.07) is 8.80. The Balaban J connectivity index is 2.46. The number of nitro benzene ring substituents is 1. The van der Waals surface area contributed by atoms with Crippen molar-refractivity contribution < 1.29 is 22.6 Å². The first-order chi connectivity index (χ1) is 9.79. The lowest BCUT2D eigenvalue weighted by Crippen LogP contribution is -2.12. The van der Waals surface area contributed by atoms with Crippen LogP contribution in [0, 0.1) is 17.0 Å². The molecule has 0 amide bonds. The van der Waals surface area contributed by atoms with E-state index in [0.717, 1.165) is 18.2 Å². The molecule has 21 heavy (non-hydrogen) atoms. The highest BCUT2D eigenvalue weighted by Crippen LogP contribution is 2.28. The third-order valence-electron chi connectivity index (χ3n) is 2.57. The Kier molecular flexibility index (Phi) is 3.81. The summed E-state index contributed by atoms with van der Waals surface area (Å²) in [7, 11) is -4.38. The molecular formula is C13H11NO6S. The van der Waals surface area contributed by atoms with Crippen molar-refractivity contribution in [2.75, 3.05) is 0 Å². The molecule has 2 aromatic rings. The molecular weight excluding hydrogens is 298 g/mol. The molecule has 1 N–H and O–H groups in total. The van der Waals surface area contributed by atoms with Gasteiger partial charge in [-0.3, -0.25) is 10.1 Å². The Morgan fingerprint density at radius 3 is 2.48 bits per heavy atom. The average Bonchev–Trinajstić information content (AvgIpc) is 2.36. The Bertz CT molecular complexity index is 780. The predicted molar refractivity (Wildman–Crippen MR) is 73.8 cm³/mol. The minimum absolute atomic E-state index is 0.120. The van der Waals surface area contributed by atoms with Crippen LogP contribution in [0.2, 0.25) is 0 Å². The maximum atomic E-state index is 12.1. The van der Waals surface area contributed by atoms with Crippen molar-refractivity contribution in [1.82, 2.24) is 0 Å². The first-order valence-corrected chi connectivity index (χ1v) is 7.19.